The molecule has 4 aromatic rings. The van der Waals surface area contributed by atoms with Gasteiger partial charge in [-0.05, 0) is 57.9 Å². The van der Waals surface area contributed by atoms with E-state index in [0.717, 1.165) is 4.57 Å². The minimum atomic E-state index is -1.48. The number of benzene rings is 1. The predicted molar refractivity (Wildman–Crippen MR) is 170 cm³/mol. The van der Waals surface area contributed by atoms with E-state index in [4.69, 9.17) is 14.2 Å². The molecule has 0 aliphatic carbocycles. The molecule has 45 heavy (non-hydrogen) atoms. The molecule has 0 radical (unpaired) electrons. The van der Waals surface area contributed by atoms with Crippen LogP contribution in [0.1, 0.15) is 57.8 Å². The highest BCUT2D eigenvalue weighted by Crippen LogP contribution is 2.35. The van der Waals surface area contributed by atoms with E-state index in [-0.39, 0.29) is 25.0 Å². The molecule has 3 aromatic heterocycles. The molecule has 1 fully saturated rings. The molecule has 3 atom stereocenters. The van der Waals surface area contributed by atoms with Crippen LogP contribution in [0.4, 0.5) is 4.39 Å². The van der Waals surface area contributed by atoms with Gasteiger partial charge < -0.3 is 19.1 Å². The van der Waals surface area contributed by atoms with Crippen LogP contribution in [-0.2, 0) is 26.4 Å². The van der Waals surface area contributed by atoms with Crippen LogP contribution in [0.5, 0.6) is 5.75 Å². The Morgan fingerprint density at radius 2 is 1.96 bits per heavy atom. The van der Waals surface area contributed by atoms with Gasteiger partial charge >= 0.3 is 5.69 Å². The standard InChI is InChI=1S/C32H40FN5O6S/c1-7-20(3)44-25(23-18-22(33)10-11-24(23)42-6)19-36-29-26(21(4)28(45-29)37-13-9-12-34-37)27(39)38(31(36)41)32(5,8-2)30(40)35-14-16-43-17-15-35/h9-13,18,20,25H,7-8,14-17,19H2,1-6H3/t20?,25-,32?/m0/s1. The molecule has 1 aliphatic rings. The molecule has 1 amide bonds. The van der Waals surface area contributed by atoms with Crippen molar-refractivity contribution in [2.24, 2.45) is 0 Å². The Bertz CT molecular complexity index is 1790. The Morgan fingerprint density at radius 3 is 2.58 bits per heavy atom. The van der Waals surface area contributed by atoms with Crippen molar-refractivity contribution in [3.63, 3.8) is 0 Å². The molecule has 0 N–H and O–H groups in total. The number of halogens is 1. The highest BCUT2D eigenvalue weighted by atomic mass is 32.1. The SMILES string of the molecule is CCC(C)O[C@@H](Cn1c(=O)n(C(C)(CC)C(=O)N2CCOCC2)c(=O)c2c(C)c(-n3cccn3)sc21)c1cc(F)ccc1OC. The summed E-state index contributed by atoms with van der Waals surface area (Å²) in [6, 6.07) is 5.95. The largest absolute Gasteiger partial charge is 0.496 e. The van der Waals surface area contributed by atoms with E-state index in [1.807, 2.05) is 20.8 Å². The van der Waals surface area contributed by atoms with Crippen LogP contribution in [-0.4, -0.2) is 69.2 Å². The lowest BCUT2D eigenvalue weighted by Gasteiger charge is -2.37. The van der Waals surface area contributed by atoms with Gasteiger partial charge in [0.2, 0.25) is 5.91 Å². The van der Waals surface area contributed by atoms with Crippen molar-refractivity contribution in [1.82, 2.24) is 23.8 Å². The molecular formula is C32H40FN5O6S. The molecule has 13 heteroatoms. The minimum absolute atomic E-state index is 0.0657. The third-order valence-corrected chi connectivity index (χ3v) is 10.0. The summed E-state index contributed by atoms with van der Waals surface area (Å²) in [6.45, 7) is 10.5. The first-order valence-corrected chi connectivity index (χ1v) is 16.0. The first kappa shape index (κ1) is 32.6. The lowest BCUT2D eigenvalue weighted by molar-refractivity contribution is -0.144. The fourth-order valence-corrected chi connectivity index (χ4v) is 7.01. The van der Waals surface area contributed by atoms with E-state index < -0.39 is 28.7 Å². The first-order chi connectivity index (χ1) is 21.5. The average molecular weight is 642 g/mol. The summed E-state index contributed by atoms with van der Waals surface area (Å²) in [4.78, 5) is 45.3. The number of nitrogens with zero attached hydrogens (tertiary/aromatic N) is 5. The van der Waals surface area contributed by atoms with Crippen molar-refractivity contribution in [3.8, 4) is 10.8 Å². The summed E-state index contributed by atoms with van der Waals surface area (Å²) < 4.78 is 36.3. The molecule has 1 saturated heterocycles. The molecule has 1 aliphatic heterocycles. The third-order valence-electron chi connectivity index (χ3n) is 8.70. The van der Waals surface area contributed by atoms with E-state index in [2.05, 4.69) is 5.10 Å². The number of carbonyl (C=O) groups excluding carboxylic acids is 1. The van der Waals surface area contributed by atoms with E-state index >= 15 is 0 Å². The Hall–Kier alpha value is -3.81. The Balaban J connectivity index is 1.79. The van der Waals surface area contributed by atoms with Crippen LogP contribution in [0, 0.1) is 12.7 Å². The average Bonchev–Trinajstić information content (AvgIpc) is 3.70. The zero-order valence-electron chi connectivity index (χ0n) is 26.5. The summed E-state index contributed by atoms with van der Waals surface area (Å²) in [5.41, 5.74) is -1.62. The smallest absolute Gasteiger partial charge is 0.333 e. The topological polar surface area (TPSA) is 110 Å². The number of thiophene rings is 1. The predicted octanol–water partition coefficient (Wildman–Crippen LogP) is 4.41. The maximum atomic E-state index is 14.7. The number of aromatic nitrogens is 4. The minimum Gasteiger partial charge on any atom is -0.496 e. The Labute approximate surface area is 264 Å². The zero-order chi connectivity index (χ0) is 32.5. The molecular weight excluding hydrogens is 601 g/mol. The second kappa shape index (κ2) is 13.3. The number of morpholine rings is 1. The number of hydrogen-bond acceptors (Lipinski definition) is 8. The van der Waals surface area contributed by atoms with Gasteiger partial charge in [0, 0.05) is 36.6 Å². The molecule has 2 unspecified atom stereocenters. The van der Waals surface area contributed by atoms with Crippen molar-refractivity contribution >= 4 is 27.5 Å². The van der Waals surface area contributed by atoms with Crippen molar-refractivity contribution < 1.29 is 23.4 Å². The lowest BCUT2D eigenvalue weighted by atomic mass is 9.95. The Kier molecular flexibility index (Phi) is 9.61. The second-order valence-electron chi connectivity index (χ2n) is 11.5. The number of carbonyl (C=O) groups is 1. The van der Waals surface area contributed by atoms with E-state index in [1.54, 1.807) is 41.9 Å². The van der Waals surface area contributed by atoms with Crippen LogP contribution in [0.3, 0.4) is 0 Å². The van der Waals surface area contributed by atoms with Crippen LogP contribution in [0.15, 0.2) is 46.2 Å². The highest BCUT2D eigenvalue weighted by Gasteiger charge is 2.41. The molecule has 1 aromatic carbocycles. The monoisotopic (exact) mass is 641 g/mol. The van der Waals surface area contributed by atoms with Crippen molar-refractivity contribution in [2.45, 2.75) is 71.8 Å². The van der Waals surface area contributed by atoms with Crippen LogP contribution in [0.2, 0.25) is 0 Å². The summed E-state index contributed by atoms with van der Waals surface area (Å²) in [6.07, 6.45) is 3.20. The van der Waals surface area contributed by atoms with E-state index in [9.17, 15) is 18.8 Å². The van der Waals surface area contributed by atoms with Gasteiger partial charge in [-0.15, -0.1) is 0 Å². The van der Waals surface area contributed by atoms with Crippen molar-refractivity contribution in [1.29, 1.82) is 0 Å². The maximum absolute atomic E-state index is 14.7. The van der Waals surface area contributed by atoms with Crippen molar-refractivity contribution in [3.05, 3.63) is 74.4 Å². The van der Waals surface area contributed by atoms with Gasteiger partial charge in [0.15, 0.2) is 0 Å². The van der Waals surface area contributed by atoms with E-state index in [1.165, 1.54) is 41.2 Å². The fourth-order valence-electron chi connectivity index (χ4n) is 5.76. The van der Waals surface area contributed by atoms with Gasteiger partial charge in [-0.2, -0.15) is 5.10 Å². The maximum Gasteiger partial charge on any atom is 0.333 e. The number of hydrogen-bond donors (Lipinski definition) is 0. The number of rotatable bonds is 11. The van der Waals surface area contributed by atoms with Crippen molar-refractivity contribution in [2.75, 3.05) is 33.4 Å². The van der Waals surface area contributed by atoms with Crippen LogP contribution < -0.4 is 16.0 Å². The van der Waals surface area contributed by atoms with Gasteiger partial charge in [-0.25, -0.2) is 18.4 Å². The molecule has 0 bridgehead atoms. The van der Waals surface area contributed by atoms with E-state index in [0.29, 0.717) is 64.8 Å². The molecule has 0 spiro atoms. The Morgan fingerprint density at radius 1 is 1.22 bits per heavy atom. The fraction of sp³-hybridized carbons (Fsp3) is 0.500. The van der Waals surface area contributed by atoms with Gasteiger partial charge in [0.1, 0.15) is 33.0 Å². The summed E-state index contributed by atoms with van der Waals surface area (Å²) in [5, 5.41) is 5.35. The number of methoxy groups -OCH3 is 1. The summed E-state index contributed by atoms with van der Waals surface area (Å²) in [7, 11) is 1.49. The molecule has 11 nitrogen and oxygen atoms in total. The quantitative estimate of drug-likeness (QED) is 0.239. The number of amides is 1. The third kappa shape index (κ3) is 5.96. The second-order valence-corrected chi connectivity index (χ2v) is 12.4. The molecule has 242 valence electrons. The normalized spacial score (nSPS) is 16.5. The van der Waals surface area contributed by atoms with Gasteiger partial charge in [0.25, 0.3) is 5.56 Å². The summed E-state index contributed by atoms with van der Waals surface area (Å²) >= 11 is 1.25. The molecule has 5 rings (SSSR count). The van der Waals surface area contributed by atoms with Gasteiger partial charge in [-0.3, -0.25) is 14.2 Å². The number of aryl methyl sites for hydroxylation is 1. The summed E-state index contributed by atoms with van der Waals surface area (Å²) in [5.74, 6) is -0.394. The van der Waals surface area contributed by atoms with Gasteiger partial charge in [-0.1, -0.05) is 25.2 Å². The number of ether oxygens (including phenoxy) is 3. The number of fused-ring (bicyclic) bond motifs is 1. The lowest BCUT2D eigenvalue weighted by Crippen LogP contribution is -2.59. The van der Waals surface area contributed by atoms with Crippen LogP contribution >= 0.6 is 11.3 Å². The molecule has 4 heterocycles. The van der Waals surface area contributed by atoms with Crippen LogP contribution in [0.25, 0.3) is 15.2 Å². The first-order valence-electron chi connectivity index (χ1n) is 15.2. The highest BCUT2D eigenvalue weighted by molar-refractivity contribution is 7.21. The zero-order valence-corrected chi connectivity index (χ0v) is 27.4. The molecule has 0 saturated carbocycles. The van der Waals surface area contributed by atoms with Gasteiger partial charge in [0.05, 0.1) is 38.4 Å².